The van der Waals surface area contributed by atoms with Crippen LogP contribution in [0, 0.1) is 5.82 Å². The molecule has 1 aliphatic rings. The Morgan fingerprint density at radius 2 is 2.12 bits per heavy atom. The number of rotatable bonds is 5. The third kappa shape index (κ3) is 3.53. The third-order valence-corrected chi connectivity index (χ3v) is 5.13. The molecular weight excluding hydrogens is 329 g/mol. The number of amides is 1. The van der Waals surface area contributed by atoms with Gasteiger partial charge >= 0.3 is 0 Å². The Morgan fingerprint density at radius 3 is 2.79 bits per heavy atom. The molecule has 1 aromatic carbocycles. The highest BCUT2D eigenvalue weighted by atomic mass is 32.2. The second-order valence-electron chi connectivity index (χ2n) is 5.86. The Balaban J connectivity index is 1.58. The molecule has 2 aromatic rings. The molecule has 2 N–H and O–H groups in total. The molecule has 1 atom stereocenters. The molecule has 1 fully saturated rings. The Kier molecular flexibility index (Phi) is 5.03. The number of hydrogen-bond acceptors (Lipinski definition) is 5. The van der Waals surface area contributed by atoms with E-state index in [2.05, 4.69) is 17.1 Å². The molecule has 8 heteroatoms. The second-order valence-corrected chi connectivity index (χ2v) is 6.92. The summed E-state index contributed by atoms with van der Waals surface area (Å²) in [5.41, 5.74) is 0.695. The fourth-order valence-corrected chi connectivity index (χ4v) is 3.63. The van der Waals surface area contributed by atoms with E-state index in [-0.39, 0.29) is 11.7 Å². The highest BCUT2D eigenvalue weighted by Gasteiger charge is 2.24. The van der Waals surface area contributed by atoms with Crippen molar-refractivity contribution >= 4 is 17.7 Å². The molecule has 6 nitrogen and oxygen atoms in total. The van der Waals surface area contributed by atoms with Crippen molar-refractivity contribution in [3.63, 3.8) is 0 Å². The van der Waals surface area contributed by atoms with Gasteiger partial charge in [-0.25, -0.2) is 9.07 Å². The number of likely N-dealkylation sites (tertiary alicyclic amines) is 1. The zero-order valence-electron chi connectivity index (χ0n) is 13.5. The monoisotopic (exact) mass is 349 g/mol. The summed E-state index contributed by atoms with van der Waals surface area (Å²) in [7, 11) is 0. The Morgan fingerprint density at radius 1 is 1.38 bits per heavy atom. The summed E-state index contributed by atoms with van der Waals surface area (Å²) < 4.78 is 14.4. The molecule has 0 bridgehead atoms. The number of halogens is 1. The van der Waals surface area contributed by atoms with E-state index in [4.69, 9.17) is 5.84 Å². The van der Waals surface area contributed by atoms with Crippen LogP contribution in [0.3, 0.4) is 0 Å². The molecule has 1 amide bonds. The first-order valence-electron chi connectivity index (χ1n) is 7.95. The van der Waals surface area contributed by atoms with Crippen molar-refractivity contribution in [2.75, 3.05) is 18.1 Å². The normalized spacial score (nSPS) is 17.4. The van der Waals surface area contributed by atoms with Gasteiger partial charge in [-0.1, -0.05) is 11.8 Å². The van der Waals surface area contributed by atoms with Crippen molar-refractivity contribution in [3.05, 3.63) is 30.1 Å². The fourth-order valence-electron chi connectivity index (χ4n) is 2.85. The average Bonchev–Trinajstić information content (AvgIpc) is 3.15. The van der Waals surface area contributed by atoms with E-state index >= 15 is 0 Å². The first-order chi connectivity index (χ1) is 11.6. The number of nitrogens with zero attached hydrogens (tertiary/aromatic N) is 4. The van der Waals surface area contributed by atoms with Crippen LogP contribution < -0.4 is 5.84 Å². The van der Waals surface area contributed by atoms with Crippen LogP contribution in [0.1, 0.15) is 26.2 Å². The van der Waals surface area contributed by atoms with Gasteiger partial charge in [0.25, 0.3) is 0 Å². The van der Waals surface area contributed by atoms with Crippen LogP contribution in [0.25, 0.3) is 11.4 Å². The molecule has 3 rings (SSSR count). The number of nitrogens with two attached hydrogens (primary N) is 1. The van der Waals surface area contributed by atoms with E-state index < -0.39 is 0 Å². The summed E-state index contributed by atoms with van der Waals surface area (Å²) in [6, 6.07) is 6.26. The summed E-state index contributed by atoms with van der Waals surface area (Å²) >= 11 is 1.40. The lowest BCUT2D eigenvalue weighted by molar-refractivity contribution is -0.131. The van der Waals surface area contributed by atoms with Crippen LogP contribution in [-0.4, -0.2) is 44.0 Å². The minimum atomic E-state index is -0.314. The van der Waals surface area contributed by atoms with Gasteiger partial charge in [-0.3, -0.25) is 4.79 Å². The van der Waals surface area contributed by atoms with Crippen LogP contribution in [0.4, 0.5) is 4.39 Å². The van der Waals surface area contributed by atoms with Gasteiger partial charge in [0.05, 0.1) is 0 Å². The topological polar surface area (TPSA) is 77.0 Å². The quantitative estimate of drug-likeness (QED) is 0.662. The van der Waals surface area contributed by atoms with E-state index in [1.54, 1.807) is 12.1 Å². The van der Waals surface area contributed by atoms with Crippen LogP contribution in [0.5, 0.6) is 0 Å². The Bertz CT molecular complexity index is 718. The van der Waals surface area contributed by atoms with Gasteiger partial charge in [-0.15, -0.1) is 10.2 Å². The van der Waals surface area contributed by atoms with Crippen LogP contribution in [-0.2, 0) is 4.79 Å². The van der Waals surface area contributed by atoms with E-state index in [1.165, 1.54) is 28.6 Å². The van der Waals surface area contributed by atoms with Crippen molar-refractivity contribution in [1.29, 1.82) is 0 Å². The highest BCUT2D eigenvalue weighted by Crippen LogP contribution is 2.23. The average molecular weight is 349 g/mol. The van der Waals surface area contributed by atoms with Crippen LogP contribution in [0.2, 0.25) is 0 Å². The van der Waals surface area contributed by atoms with Gasteiger partial charge in [0.15, 0.2) is 5.82 Å². The molecule has 1 aliphatic heterocycles. The van der Waals surface area contributed by atoms with E-state index in [0.29, 0.717) is 34.8 Å². The maximum Gasteiger partial charge on any atom is 0.223 e. The molecule has 1 saturated heterocycles. The van der Waals surface area contributed by atoms with Gasteiger partial charge in [0.1, 0.15) is 5.82 Å². The summed E-state index contributed by atoms with van der Waals surface area (Å²) in [4.78, 5) is 14.1. The number of carbonyl (C=O) groups is 1. The van der Waals surface area contributed by atoms with Gasteiger partial charge in [0, 0.05) is 30.3 Å². The standard InChI is InChI=1S/C16H20FN5OS/c1-11-3-2-9-21(11)14(23)8-10-24-16-20-19-15(22(16)18)12-4-6-13(17)7-5-12/h4-7,11H,2-3,8-10,18H2,1H3/t11-/m0/s1. The zero-order chi connectivity index (χ0) is 17.1. The molecule has 0 radical (unpaired) electrons. The fraction of sp³-hybridized carbons (Fsp3) is 0.438. The highest BCUT2D eigenvalue weighted by molar-refractivity contribution is 7.99. The zero-order valence-corrected chi connectivity index (χ0v) is 14.3. The van der Waals surface area contributed by atoms with Crippen molar-refractivity contribution in [2.24, 2.45) is 0 Å². The summed E-state index contributed by atoms with van der Waals surface area (Å²) in [6.07, 6.45) is 2.61. The predicted molar refractivity (Wildman–Crippen MR) is 91.3 cm³/mol. The number of carbonyl (C=O) groups excluding carboxylic acids is 1. The largest absolute Gasteiger partial charge is 0.340 e. The van der Waals surface area contributed by atoms with E-state index in [0.717, 1.165) is 19.4 Å². The van der Waals surface area contributed by atoms with Crippen LogP contribution in [0.15, 0.2) is 29.4 Å². The van der Waals surface area contributed by atoms with Crippen molar-refractivity contribution in [2.45, 2.75) is 37.4 Å². The molecule has 2 heterocycles. The molecule has 0 spiro atoms. The number of benzene rings is 1. The smallest absolute Gasteiger partial charge is 0.223 e. The maximum atomic E-state index is 13.0. The van der Waals surface area contributed by atoms with Gasteiger partial charge in [0.2, 0.25) is 11.1 Å². The molecular formula is C16H20FN5OS. The molecule has 1 aromatic heterocycles. The van der Waals surface area contributed by atoms with E-state index in [9.17, 15) is 9.18 Å². The molecule has 0 aliphatic carbocycles. The summed E-state index contributed by atoms with van der Waals surface area (Å²) in [6.45, 7) is 2.94. The lowest BCUT2D eigenvalue weighted by Crippen LogP contribution is -2.33. The third-order valence-electron chi connectivity index (χ3n) is 4.19. The van der Waals surface area contributed by atoms with Gasteiger partial charge < -0.3 is 10.7 Å². The summed E-state index contributed by atoms with van der Waals surface area (Å²) in [5, 5.41) is 8.65. The predicted octanol–water partition coefficient (Wildman–Crippen LogP) is 2.29. The molecule has 0 saturated carbocycles. The lowest BCUT2D eigenvalue weighted by Gasteiger charge is -2.21. The van der Waals surface area contributed by atoms with Crippen molar-refractivity contribution < 1.29 is 9.18 Å². The van der Waals surface area contributed by atoms with Gasteiger partial charge in [-0.2, -0.15) is 0 Å². The minimum Gasteiger partial charge on any atom is -0.340 e. The maximum absolute atomic E-state index is 13.0. The van der Waals surface area contributed by atoms with Crippen LogP contribution >= 0.6 is 11.8 Å². The molecule has 0 unspecified atom stereocenters. The SMILES string of the molecule is C[C@H]1CCCN1C(=O)CCSc1nnc(-c2ccc(F)cc2)n1N. The number of hydrogen-bond donors (Lipinski definition) is 1. The lowest BCUT2D eigenvalue weighted by atomic mass is 10.2. The number of thioether (sulfide) groups is 1. The van der Waals surface area contributed by atoms with Gasteiger partial charge in [-0.05, 0) is 44.0 Å². The second kappa shape index (κ2) is 7.21. The van der Waals surface area contributed by atoms with Crippen molar-refractivity contribution in [1.82, 2.24) is 19.8 Å². The number of aromatic nitrogens is 3. The molecule has 24 heavy (non-hydrogen) atoms. The molecule has 128 valence electrons. The Labute approximate surface area is 144 Å². The summed E-state index contributed by atoms with van der Waals surface area (Å²) in [5.74, 6) is 6.95. The number of nitrogen functional groups attached to an aromatic ring is 1. The first-order valence-corrected chi connectivity index (χ1v) is 8.93. The van der Waals surface area contributed by atoms with E-state index in [1.807, 2.05) is 4.90 Å². The minimum absolute atomic E-state index is 0.175. The Hall–Kier alpha value is -2.09. The van der Waals surface area contributed by atoms with Crippen molar-refractivity contribution in [3.8, 4) is 11.4 Å². The first kappa shape index (κ1) is 16.8.